The lowest BCUT2D eigenvalue weighted by atomic mass is 10.1. The molecule has 0 aliphatic carbocycles. The summed E-state index contributed by atoms with van der Waals surface area (Å²) in [6.45, 7) is 2.00. The highest BCUT2D eigenvalue weighted by atomic mass is 35.5. The average Bonchev–Trinajstić information content (AvgIpc) is 2.46. The molecule has 98 valence electrons. The maximum absolute atomic E-state index is 12.3. The molecule has 2 rings (SSSR count). The lowest BCUT2D eigenvalue weighted by Gasteiger charge is -2.25. The van der Waals surface area contributed by atoms with Crippen LogP contribution in [0.2, 0.25) is 5.02 Å². The molecule has 0 spiro atoms. The van der Waals surface area contributed by atoms with Crippen LogP contribution in [0.5, 0.6) is 0 Å². The molecule has 1 atom stereocenters. The number of benzene rings is 2. The first kappa shape index (κ1) is 13.6. The second kappa shape index (κ2) is 5.89. The molecule has 3 heteroatoms. The predicted molar refractivity (Wildman–Crippen MR) is 78.4 cm³/mol. The van der Waals surface area contributed by atoms with E-state index in [1.165, 1.54) is 0 Å². The van der Waals surface area contributed by atoms with E-state index in [2.05, 4.69) is 0 Å². The number of hydrogen-bond acceptors (Lipinski definition) is 1. The zero-order chi connectivity index (χ0) is 13.8. The number of amides is 1. The van der Waals surface area contributed by atoms with E-state index in [1.54, 1.807) is 4.90 Å². The molecule has 19 heavy (non-hydrogen) atoms. The minimum Gasteiger partial charge on any atom is -0.335 e. The average molecular weight is 274 g/mol. The van der Waals surface area contributed by atoms with Crippen molar-refractivity contribution in [3.8, 4) is 0 Å². The molecule has 0 saturated carbocycles. The van der Waals surface area contributed by atoms with Crippen LogP contribution >= 0.6 is 11.6 Å². The van der Waals surface area contributed by atoms with E-state index < -0.39 is 0 Å². The quantitative estimate of drug-likeness (QED) is 0.822. The van der Waals surface area contributed by atoms with E-state index >= 15 is 0 Å². The van der Waals surface area contributed by atoms with E-state index in [1.807, 2.05) is 68.6 Å². The zero-order valence-corrected chi connectivity index (χ0v) is 11.8. The maximum atomic E-state index is 12.3. The van der Waals surface area contributed by atoms with Crippen molar-refractivity contribution in [1.29, 1.82) is 0 Å². The summed E-state index contributed by atoms with van der Waals surface area (Å²) in [5.74, 6) is 0.0167. The first-order chi connectivity index (χ1) is 9.09. The van der Waals surface area contributed by atoms with Gasteiger partial charge in [-0.05, 0) is 36.8 Å². The highest BCUT2D eigenvalue weighted by Crippen LogP contribution is 2.22. The van der Waals surface area contributed by atoms with Crippen molar-refractivity contribution in [2.75, 3.05) is 7.05 Å². The predicted octanol–water partition coefficient (Wildman–Crippen LogP) is 4.17. The van der Waals surface area contributed by atoms with Crippen LogP contribution in [0, 0.1) is 0 Å². The number of carbonyl (C=O) groups is 1. The van der Waals surface area contributed by atoms with Crippen LogP contribution in [0.15, 0.2) is 54.6 Å². The Labute approximate surface area is 118 Å². The topological polar surface area (TPSA) is 20.3 Å². The standard InChI is InChI=1S/C16H16ClNO/c1-12(13-8-10-15(17)11-9-13)18(2)16(19)14-6-4-3-5-7-14/h3-12H,1-2H3. The summed E-state index contributed by atoms with van der Waals surface area (Å²) in [5.41, 5.74) is 1.77. The van der Waals surface area contributed by atoms with Gasteiger partial charge in [0.05, 0.1) is 6.04 Å². The van der Waals surface area contributed by atoms with Crippen LogP contribution < -0.4 is 0 Å². The summed E-state index contributed by atoms with van der Waals surface area (Å²) in [6, 6.07) is 16.9. The molecule has 0 heterocycles. The van der Waals surface area contributed by atoms with Gasteiger partial charge in [-0.25, -0.2) is 0 Å². The molecule has 0 aromatic heterocycles. The normalized spacial score (nSPS) is 11.9. The Morgan fingerprint density at radius 2 is 1.63 bits per heavy atom. The third kappa shape index (κ3) is 3.15. The summed E-state index contributed by atoms with van der Waals surface area (Å²) < 4.78 is 0. The van der Waals surface area contributed by atoms with E-state index in [4.69, 9.17) is 11.6 Å². The first-order valence-corrected chi connectivity index (χ1v) is 6.55. The van der Waals surface area contributed by atoms with Gasteiger partial charge in [-0.3, -0.25) is 4.79 Å². The second-order valence-corrected chi connectivity index (χ2v) is 4.95. The van der Waals surface area contributed by atoms with Gasteiger partial charge < -0.3 is 4.90 Å². The van der Waals surface area contributed by atoms with E-state index in [-0.39, 0.29) is 11.9 Å². The zero-order valence-electron chi connectivity index (χ0n) is 11.0. The summed E-state index contributed by atoms with van der Waals surface area (Å²) in [7, 11) is 1.81. The van der Waals surface area contributed by atoms with Crippen LogP contribution in [-0.2, 0) is 0 Å². The Balaban J connectivity index is 2.17. The minimum atomic E-state index is 0.00460. The number of rotatable bonds is 3. The Bertz CT molecular complexity index is 551. The highest BCUT2D eigenvalue weighted by Gasteiger charge is 2.18. The van der Waals surface area contributed by atoms with E-state index in [0.29, 0.717) is 10.6 Å². The Morgan fingerprint density at radius 3 is 2.21 bits per heavy atom. The number of hydrogen-bond donors (Lipinski definition) is 0. The second-order valence-electron chi connectivity index (χ2n) is 4.51. The van der Waals surface area contributed by atoms with Crippen LogP contribution in [0.3, 0.4) is 0 Å². The van der Waals surface area contributed by atoms with Gasteiger partial charge in [-0.15, -0.1) is 0 Å². The monoisotopic (exact) mass is 273 g/mol. The lowest BCUT2D eigenvalue weighted by molar-refractivity contribution is 0.0742. The third-order valence-corrected chi connectivity index (χ3v) is 3.53. The van der Waals surface area contributed by atoms with Crippen LogP contribution in [0.25, 0.3) is 0 Å². The molecular formula is C16H16ClNO. The van der Waals surface area contributed by atoms with Crippen LogP contribution in [0.4, 0.5) is 0 Å². The SMILES string of the molecule is CC(c1ccc(Cl)cc1)N(C)C(=O)c1ccccc1. The number of halogens is 1. The van der Waals surface area contributed by atoms with E-state index in [9.17, 15) is 4.79 Å². The molecule has 1 unspecified atom stereocenters. The molecule has 0 saturated heterocycles. The Kier molecular flexibility index (Phi) is 4.23. The van der Waals surface area contributed by atoms with Gasteiger partial charge in [0.25, 0.3) is 5.91 Å². The molecular weight excluding hydrogens is 258 g/mol. The fourth-order valence-electron chi connectivity index (χ4n) is 1.93. The number of carbonyl (C=O) groups excluding carboxylic acids is 1. The van der Waals surface area contributed by atoms with Crippen molar-refractivity contribution in [3.63, 3.8) is 0 Å². The van der Waals surface area contributed by atoms with Crippen molar-refractivity contribution in [2.24, 2.45) is 0 Å². The fourth-order valence-corrected chi connectivity index (χ4v) is 2.05. The van der Waals surface area contributed by atoms with Gasteiger partial charge in [0.15, 0.2) is 0 Å². The molecule has 2 aromatic rings. The summed E-state index contributed by atoms with van der Waals surface area (Å²) >= 11 is 5.87. The molecule has 0 aliphatic rings. The Hall–Kier alpha value is -1.80. The highest BCUT2D eigenvalue weighted by molar-refractivity contribution is 6.30. The maximum Gasteiger partial charge on any atom is 0.254 e. The van der Waals surface area contributed by atoms with Crippen LogP contribution in [0.1, 0.15) is 28.9 Å². The van der Waals surface area contributed by atoms with Crippen molar-refractivity contribution >= 4 is 17.5 Å². The van der Waals surface area contributed by atoms with Crippen molar-refractivity contribution in [2.45, 2.75) is 13.0 Å². The molecule has 2 aromatic carbocycles. The van der Waals surface area contributed by atoms with Gasteiger partial charge in [0, 0.05) is 17.6 Å². The summed E-state index contributed by atoms with van der Waals surface area (Å²) in [5, 5.41) is 0.702. The van der Waals surface area contributed by atoms with Crippen molar-refractivity contribution in [3.05, 3.63) is 70.7 Å². The smallest absolute Gasteiger partial charge is 0.254 e. The van der Waals surface area contributed by atoms with Crippen molar-refractivity contribution in [1.82, 2.24) is 4.90 Å². The lowest BCUT2D eigenvalue weighted by Crippen LogP contribution is -2.29. The van der Waals surface area contributed by atoms with E-state index in [0.717, 1.165) is 5.56 Å². The van der Waals surface area contributed by atoms with Crippen molar-refractivity contribution < 1.29 is 4.79 Å². The Morgan fingerprint density at radius 1 is 1.05 bits per heavy atom. The van der Waals surface area contributed by atoms with Crippen LogP contribution in [-0.4, -0.2) is 17.9 Å². The minimum absolute atomic E-state index is 0.00460. The fraction of sp³-hybridized carbons (Fsp3) is 0.188. The van der Waals surface area contributed by atoms with Gasteiger partial charge in [-0.1, -0.05) is 41.9 Å². The molecule has 0 bridgehead atoms. The largest absolute Gasteiger partial charge is 0.335 e. The first-order valence-electron chi connectivity index (χ1n) is 6.17. The van der Waals surface area contributed by atoms with Gasteiger partial charge >= 0.3 is 0 Å². The third-order valence-electron chi connectivity index (χ3n) is 3.27. The molecule has 0 fully saturated rings. The molecule has 0 aliphatic heterocycles. The molecule has 2 nitrogen and oxygen atoms in total. The summed E-state index contributed by atoms with van der Waals surface area (Å²) in [4.78, 5) is 14.1. The van der Waals surface area contributed by atoms with Gasteiger partial charge in [-0.2, -0.15) is 0 Å². The summed E-state index contributed by atoms with van der Waals surface area (Å²) in [6.07, 6.45) is 0. The molecule has 0 N–H and O–H groups in total. The van der Waals surface area contributed by atoms with Gasteiger partial charge in [0.1, 0.15) is 0 Å². The van der Waals surface area contributed by atoms with Gasteiger partial charge in [0.2, 0.25) is 0 Å². The molecule has 1 amide bonds. The molecule has 0 radical (unpaired) electrons. The number of nitrogens with zero attached hydrogens (tertiary/aromatic N) is 1.